The van der Waals surface area contributed by atoms with Gasteiger partial charge < -0.3 is 15.5 Å². The molecule has 0 saturated carbocycles. The molecule has 0 saturated heterocycles. The average Bonchev–Trinajstić information content (AvgIpc) is 2.81. The van der Waals surface area contributed by atoms with E-state index < -0.39 is 0 Å². The predicted molar refractivity (Wildman–Crippen MR) is 86.3 cm³/mol. The van der Waals surface area contributed by atoms with Crippen molar-refractivity contribution < 1.29 is 4.74 Å². The van der Waals surface area contributed by atoms with E-state index in [1.54, 1.807) is 17.4 Å². The summed E-state index contributed by atoms with van der Waals surface area (Å²) in [5.41, 5.74) is 3.87. The largest absolute Gasteiger partial charge is 0.374 e. The Balaban J connectivity index is 2.07. The van der Waals surface area contributed by atoms with Crippen molar-refractivity contribution in [2.45, 2.75) is 33.9 Å². The van der Waals surface area contributed by atoms with Gasteiger partial charge in [0.1, 0.15) is 18.2 Å². The molecular weight excluding hydrogens is 286 g/mol. The molecule has 2 heterocycles. The number of nitrogens with zero attached hydrogens (tertiary/aromatic N) is 2. The number of aromatic nitrogens is 2. The molecule has 0 radical (unpaired) electrons. The summed E-state index contributed by atoms with van der Waals surface area (Å²) in [6.45, 7) is 7.92. The lowest BCUT2D eigenvalue weighted by Gasteiger charge is -2.09. The molecule has 0 atom stereocenters. The number of aryl methyl sites for hydroxylation is 2. The molecule has 0 bridgehead atoms. The van der Waals surface area contributed by atoms with Gasteiger partial charge in [0.05, 0.1) is 6.54 Å². The van der Waals surface area contributed by atoms with E-state index in [4.69, 9.17) is 10.6 Å². The zero-order valence-corrected chi connectivity index (χ0v) is 13.4. The fourth-order valence-corrected chi connectivity index (χ4v) is 2.83. The maximum absolute atomic E-state index is 5.44. The van der Waals surface area contributed by atoms with Crippen LogP contribution in [0.5, 0.6) is 0 Å². The van der Waals surface area contributed by atoms with E-state index in [9.17, 15) is 0 Å². The first kappa shape index (κ1) is 15.7. The maximum Gasteiger partial charge on any atom is 0.158 e. The normalized spacial score (nSPS) is 10.7. The maximum atomic E-state index is 5.44. The summed E-state index contributed by atoms with van der Waals surface area (Å²) in [4.78, 5) is 11.3. The number of hydrogen-bond donors (Lipinski definition) is 3. The highest BCUT2D eigenvalue weighted by Gasteiger charge is 2.06. The number of hydrogen-bond acceptors (Lipinski definition) is 7. The van der Waals surface area contributed by atoms with Crippen molar-refractivity contribution in [3.8, 4) is 0 Å². The van der Waals surface area contributed by atoms with Gasteiger partial charge in [-0.1, -0.05) is 0 Å². The Kier molecular flexibility index (Phi) is 5.49. The van der Waals surface area contributed by atoms with Crippen molar-refractivity contribution in [2.75, 3.05) is 17.3 Å². The van der Waals surface area contributed by atoms with Crippen molar-refractivity contribution in [1.82, 2.24) is 9.97 Å². The predicted octanol–water partition coefficient (Wildman–Crippen LogP) is 2.59. The van der Waals surface area contributed by atoms with Gasteiger partial charge in [0, 0.05) is 22.4 Å². The fraction of sp³-hybridized carbons (Fsp3) is 0.429. The van der Waals surface area contributed by atoms with Crippen LogP contribution >= 0.6 is 11.3 Å². The Bertz CT molecular complexity index is 580. The molecule has 0 spiro atoms. The highest BCUT2D eigenvalue weighted by atomic mass is 32.1. The lowest BCUT2D eigenvalue weighted by Crippen LogP contribution is -2.12. The first-order valence-electron chi connectivity index (χ1n) is 6.84. The molecule has 0 amide bonds. The molecule has 7 heteroatoms. The molecule has 2 aromatic rings. The van der Waals surface area contributed by atoms with Gasteiger partial charge in [0.2, 0.25) is 0 Å². The van der Waals surface area contributed by atoms with Crippen LogP contribution in [-0.2, 0) is 17.9 Å². The van der Waals surface area contributed by atoms with Crippen LogP contribution in [0.1, 0.15) is 28.1 Å². The van der Waals surface area contributed by atoms with Crippen molar-refractivity contribution in [2.24, 2.45) is 5.84 Å². The van der Waals surface area contributed by atoms with E-state index >= 15 is 0 Å². The van der Waals surface area contributed by atoms with Gasteiger partial charge in [0.25, 0.3) is 0 Å². The summed E-state index contributed by atoms with van der Waals surface area (Å²) in [5.74, 6) is 7.35. The Labute approximate surface area is 128 Å². The number of nitrogen functional groups attached to an aromatic ring is 1. The van der Waals surface area contributed by atoms with Crippen LogP contribution in [0, 0.1) is 13.8 Å². The molecule has 0 aromatic carbocycles. The molecule has 2 aromatic heterocycles. The minimum atomic E-state index is 0.373. The smallest absolute Gasteiger partial charge is 0.158 e. The quantitative estimate of drug-likeness (QED) is 0.538. The van der Waals surface area contributed by atoms with Gasteiger partial charge in [-0.3, -0.25) is 0 Å². The van der Waals surface area contributed by atoms with Crippen molar-refractivity contribution in [3.05, 3.63) is 33.3 Å². The minimum absolute atomic E-state index is 0.373. The van der Waals surface area contributed by atoms with E-state index in [-0.39, 0.29) is 0 Å². The van der Waals surface area contributed by atoms with Crippen LogP contribution in [0.15, 0.2) is 12.1 Å². The molecule has 2 rings (SSSR count). The van der Waals surface area contributed by atoms with Gasteiger partial charge >= 0.3 is 0 Å². The SMILES string of the molecule is CCOCc1nc(NN)cc(NCc2cc(C)c(C)s2)n1. The molecule has 0 fully saturated rings. The second-order valence-corrected chi connectivity index (χ2v) is 5.98. The third kappa shape index (κ3) is 4.38. The molecular formula is C14H21N5OS. The third-order valence-electron chi connectivity index (χ3n) is 3.02. The summed E-state index contributed by atoms with van der Waals surface area (Å²) in [6.07, 6.45) is 0. The van der Waals surface area contributed by atoms with E-state index in [0.717, 1.165) is 12.4 Å². The Hall–Kier alpha value is -1.70. The standard InChI is InChI=1S/C14H21N5OS/c1-4-20-8-14-17-12(6-13(18-14)19-15)16-7-11-5-9(2)10(3)21-11/h5-6H,4,7-8,15H2,1-3H3,(H2,16,17,18,19). The Morgan fingerprint density at radius 1 is 1.24 bits per heavy atom. The topological polar surface area (TPSA) is 85.1 Å². The van der Waals surface area contributed by atoms with Crippen molar-refractivity contribution >= 4 is 23.0 Å². The van der Waals surface area contributed by atoms with Crippen LogP contribution in [0.2, 0.25) is 0 Å². The number of nitrogens with one attached hydrogen (secondary N) is 2. The Morgan fingerprint density at radius 3 is 2.62 bits per heavy atom. The van der Waals surface area contributed by atoms with Crippen LogP contribution in [-0.4, -0.2) is 16.6 Å². The zero-order chi connectivity index (χ0) is 15.2. The third-order valence-corrected chi connectivity index (χ3v) is 4.17. The van der Waals surface area contributed by atoms with Gasteiger partial charge in [-0.15, -0.1) is 11.3 Å². The summed E-state index contributed by atoms with van der Waals surface area (Å²) in [6, 6.07) is 3.97. The second-order valence-electron chi connectivity index (χ2n) is 4.64. The van der Waals surface area contributed by atoms with Crippen LogP contribution in [0.25, 0.3) is 0 Å². The second kappa shape index (κ2) is 7.35. The summed E-state index contributed by atoms with van der Waals surface area (Å²) in [7, 11) is 0. The summed E-state index contributed by atoms with van der Waals surface area (Å²) in [5, 5.41) is 3.30. The van der Waals surface area contributed by atoms with E-state index in [1.165, 1.54) is 15.3 Å². The van der Waals surface area contributed by atoms with Crippen LogP contribution in [0.4, 0.5) is 11.6 Å². The van der Waals surface area contributed by atoms with E-state index in [2.05, 4.69) is 40.6 Å². The lowest BCUT2D eigenvalue weighted by molar-refractivity contribution is 0.128. The first-order valence-corrected chi connectivity index (χ1v) is 7.66. The van der Waals surface area contributed by atoms with Crippen LogP contribution < -0.4 is 16.6 Å². The highest BCUT2D eigenvalue weighted by molar-refractivity contribution is 7.12. The van der Waals surface area contributed by atoms with E-state index in [1.807, 2.05) is 6.92 Å². The molecule has 0 aliphatic rings. The average molecular weight is 307 g/mol. The number of anilines is 2. The molecule has 0 aliphatic heterocycles. The van der Waals surface area contributed by atoms with Gasteiger partial charge in [-0.05, 0) is 32.4 Å². The highest BCUT2D eigenvalue weighted by Crippen LogP contribution is 2.21. The zero-order valence-electron chi connectivity index (χ0n) is 12.6. The monoisotopic (exact) mass is 307 g/mol. The first-order chi connectivity index (χ1) is 10.1. The number of nitrogens with two attached hydrogens (primary N) is 1. The number of rotatable bonds is 7. The summed E-state index contributed by atoms with van der Waals surface area (Å²) >= 11 is 1.79. The number of ether oxygens (including phenoxy) is 1. The van der Waals surface area contributed by atoms with E-state index in [0.29, 0.717) is 24.9 Å². The van der Waals surface area contributed by atoms with Gasteiger partial charge in [-0.25, -0.2) is 15.8 Å². The van der Waals surface area contributed by atoms with Crippen molar-refractivity contribution in [1.29, 1.82) is 0 Å². The molecule has 114 valence electrons. The molecule has 0 aliphatic carbocycles. The molecule has 21 heavy (non-hydrogen) atoms. The Morgan fingerprint density at radius 2 is 2.00 bits per heavy atom. The number of thiophene rings is 1. The molecule has 4 N–H and O–H groups in total. The van der Waals surface area contributed by atoms with Gasteiger partial charge in [-0.2, -0.15) is 0 Å². The molecule has 0 unspecified atom stereocenters. The van der Waals surface area contributed by atoms with Crippen molar-refractivity contribution in [3.63, 3.8) is 0 Å². The van der Waals surface area contributed by atoms with Crippen LogP contribution in [0.3, 0.4) is 0 Å². The fourth-order valence-electron chi connectivity index (χ4n) is 1.83. The minimum Gasteiger partial charge on any atom is -0.374 e. The lowest BCUT2D eigenvalue weighted by atomic mass is 10.3. The summed E-state index contributed by atoms with van der Waals surface area (Å²) < 4.78 is 5.34. The number of hydrazine groups is 1. The van der Waals surface area contributed by atoms with Gasteiger partial charge in [0.15, 0.2) is 5.82 Å². The molecule has 6 nitrogen and oxygen atoms in total.